The highest BCUT2D eigenvalue weighted by Crippen LogP contribution is 2.29. The summed E-state index contributed by atoms with van der Waals surface area (Å²) in [6.45, 7) is 1.78. The monoisotopic (exact) mass is 362 g/mol. The van der Waals surface area contributed by atoms with Crippen LogP contribution >= 0.6 is 0 Å². The van der Waals surface area contributed by atoms with Gasteiger partial charge >= 0.3 is 0 Å². The number of aromatic nitrogens is 2. The molecule has 1 N–H and O–H groups in total. The van der Waals surface area contributed by atoms with Gasteiger partial charge in [-0.3, -0.25) is 4.79 Å². The molecule has 3 aromatic heterocycles. The van der Waals surface area contributed by atoms with Gasteiger partial charge in [-0.05, 0) is 37.3 Å². The number of nitrogens with zero attached hydrogens (tertiary/aromatic N) is 3. The number of rotatable bonds is 4. The summed E-state index contributed by atoms with van der Waals surface area (Å²) in [4.78, 5) is 19.5. The Morgan fingerprint density at radius 2 is 1.96 bits per heavy atom. The van der Waals surface area contributed by atoms with E-state index in [0.717, 1.165) is 5.69 Å². The van der Waals surface area contributed by atoms with Crippen LogP contribution in [0.15, 0.2) is 57.7 Å². The summed E-state index contributed by atoms with van der Waals surface area (Å²) in [5, 5.41) is 7.53. The summed E-state index contributed by atoms with van der Waals surface area (Å²) in [7, 11) is 3.85. The highest BCUT2D eigenvalue weighted by atomic mass is 16.5. The number of aryl methyl sites for hydroxylation is 1. The molecule has 0 saturated carbocycles. The van der Waals surface area contributed by atoms with Crippen molar-refractivity contribution in [2.24, 2.45) is 0 Å². The molecule has 0 bridgehead atoms. The number of nitrogens with one attached hydrogen (secondary N) is 1. The lowest BCUT2D eigenvalue weighted by Crippen LogP contribution is -2.17. The van der Waals surface area contributed by atoms with E-state index >= 15 is 0 Å². The average Bonchev–Trinajstić information content (AvgIpc) is 3.31. The minimum atomic E-state index is -0.268. The molecular weight excluding hydrogens is 344 g/mol. The highest BCUT2D eigenvalue weighted by Gasteiger charge is 2.21. The molecule has 0 atom stereocenters. The third-order valence-corrected chi connectivity index (χ3v) is 4.27. The quantitative estimate of drug-likeness (QED) is 0.588. The lowest BCUT2D eigenvalue weighted by molar-refractivity contribution is 0.102. The van der Waals surface area contributed by atoms with Gasteiger partial charge in [-0.25, -0.2) is 4.98 Å². The molecule has 0 fully saturated rings. The molecule has 0 radical (unpaired) electrons. The maximum absolute atomic E-state index is 13.1. The molecule has 0 unspecified atom stereocenters. The molecule has 0 aliphatic carbocycles. The first kappa shape index (κ1) is 16.8. The molecule has 136 valence electrons. The molecule has 0 aliphatic rings. The summed E-state index contributed by atoms with van der Waals surface area (Å²) in [5.41, 5.74) is 3.46. The van der Waals surface area contributed by atoms with Gasteiger partial charge in [0.1, 0.15) is 5.69 Å². The van der Waals surface area contributed by atoms with E-state index in [0.29, 0.717) is 39.5 Å². The normalized spacial score (nSPS) is 10.9. The Morgan fingerprint density at radius 1 is 1.15 bits per heavy atom. The van der Waals surface area contributed by atoms with Gasteiger partial charge in [-0.15, -0.1) is 0 Å². The van der Waals surface area contributed by atoms with Crippen molar-refractivity contribution in [2.75, 3.05) is 24.3 Å². The van der Waals surface area contributed by atoms with Gasteiger partial charge in [0.2, 0.25) is 0 Å². The standard InChI is InChI=1S/C20H18N4O3/c1-12-18-13(19(25)21-14-7-4-5-8-16(14)24(2)3)11-15(17-9-6-10-26-17)22-20(18)27-23-12/h4-11H,1-3H3,(H,21,25). The summed E-state index contributed by atoms with van der Waals surface area (Å²) < 4.78 is 10.7. The van der Waals surface area contributed by atoms with E-state index in [2.05, 4.69) is 15.5 Å². The third-order valence-electron chi connectivity index (χ3n) is 4.27. The number of benzene rings is 1. The van der Waals surface area contributed by atoms with E-state index in [-0.39, 0.29) is 5.91 Å². The topological polar surface area (TPSA) is 84.4 Å². The fraction of sp³-hybridized carbons (Fsp3) is 0.150. The van der Waals surface area contributed by atoms with Crippen LogP contribution in [0.25, 0.3) is 22.6 Å². The van der Waals surface area contributed by atoms with Crippen LogP contribution in [0, 0.1) is 6.92 Å². The van der Waals surface area contributed by atoms with Gasteiger partial charge < -0.3 is 19.2 Å². The number of furan rings is 1. The van der Waals surface area contributed by atoms with Crippen molar-refractivity contribution in [1.29, 1.82) is 0 Å². The van der Waals surface area contributed by atoms with Crippen molar-refractivity contribution < 1.29 is 13.7 Å². The lowest BCUT2D eigenvalue weighted by Gasteiger charge is -2.18. The Morgan fingerprint density at radius 3 is 2.70 bits per heavy atom. The number of pyridine rings is 1. The lowest BCUT2D eigenvalue weighted by atomic mass is 10.1. The van der Waals surface area contributed by atoms with E-state index in [1.165, 1.54) is 0 Å². The highest BCUT2D eigenvalue weighted by molar-refractivity contribution is 6.13. The van der Waals surface area contributed by atoms with Crippen molar-refractivity contribution in [1.82, 2.24) is 10.1 Å². The Labute approximate surface area is 155 Å². The first-order valence-electron chi connectivity index (χ1n) is 8.43. The number of hydrogen-bond acceptors (Lipinski definition) is 6. The molecule has 4 rings (SSSR count). The third kappa shape index (κ3) is 3.03. The number of hydrogen-bond donors (Lipinski definition) is 1. The Hall–Kier alpha value is -3.61. The number of amides is 1. The number of para-hydroxylation sites is 2. The van der Waals surface area contributed by atoms with E-state index < -0.39 is 0 Å². The molecule has 3 heterocycles. The van der Waals surface area contributed by atoms with Gasteiger partial charge in [0, 0.05) is 14.1 Å². The largest absolute Gasteiger partial charge is 0.463 e. The maximum atomic E-state index is 13.1. The molecule has 4 aromatic rings. The van der Waals surface area contributed by atoms with Crippen LogP contribution < -0.4 is 10.2 Å². The SMILES string of the molecule is Cc1noc2nc(-c3ccco3)cc(C(=O)Nc3ccccc3N(C)C)c12. The molecule has 27 heavy (non-hydrogen) atoms. The fourth-order valence-electron chi connectivity index (χ4n) is 2.98. The van der Waals surface area contributed by atoms with Crippen LogP contribution in [0.2, 0.25) is 0 Å². The number of carbonyl (C=O) groups is 1. The van der Waals surface area contributed by atoms with Gasteiger partial charge in [-0.1, -0.05) is 17.3 Å². The van der Waals surface area contributed by atoms with Crippen molar-refractivity contribution in [3.63, 3.8) is 0 Å². The second kappa shape index (κ2) is 6.60. The molecule has 0 spiro atoms. The van der Waals surface area contributed by atoms with Gasteiger partial charge in [0.25, 0.3) is 11.6 Å². The summed E-state index contributed by atoms with van der Waals surface area (Å²) in [6, 6.07) is 12.8. The van der Waals surface area contributed by atoms with Crippen molar-refractivity contribution in [3.05, 3.63) is 60.0 Å². The van der Waals surface area contributed by atoms with Crippen LogP contribution in [-0.2, 0) is 0 Å². The maximum Gasteiger partial charge on any atom is 0.259 e. The second-order valence-electron chi connectivity index (χ2n) is 6.35. The Kier molecular flexibility index (Phi) is 4.12. The minimum Gasteiger partial charge on any atom is -0.463 e. The molecule has 1 aromatic carbocycles. The van der Waals surface area contributed by atoms with E-state index in [1.54, 1.807) is 31.4 Å². The summed E-state index contributed by atoms with van der Waals surface area (Å²) in [6.07, 6.45) is 1.56. The van der Waals surface area contributed by atoms with E-state index in [1.807, 2.05) is 43.3 Å². The minimum absolute atomic E-state index is 0.268. The Bertz CT molecular complexity index is 1110. The predicted octanol–water partition coefficient (Wildman–Crippen LogP) is 4.11. The zero-order chi connectivity index (χ0) is 19.0. The smallest absolute Gasteiger partial charge is 0.259 e. The number of carbonyl (C=O) groups excluding carboxylic acids is 1. The molecular formula is C20H18N4O3. The van der Waals surface area contributed by atoms with Crippen LogP contribution in [-0.4, -0.2) is 30.1 Å². The Balaban J connectivity index is 1.81. The van der Waals surface area contributed by atoms with Gasteiger partial charge in [0.15, 0.2) is 5.76 Å². The van der Waals surface area contributed by atoms with Crippen LogP contribution in [0.1, 0.15) is 16.1 Å². The molecule has 7 nitrogen and oxygen atoms in total. The van der Waals surface area contributed by atoms with Crippen molar-refractivity contribution >= 4 is 28.4 Å². The van der Waals surface area contributed by atoms with Crippen LogP contribution in [0.4, 0.5) is 11.4 Å². The van der Waals surface area contributed by atoms with Crippen molar-refractivity contribution in [2.45, 2.75) is 6.92 Å². The first-order valence-corrected chi connectivity index (χ1v) is 8.43. The first-order chi connectivity index (χ1) is 13.0. The second-order valence-corrected chi connectivity index (χ2v) is 6.35. The van der Waals surface area contributed by atoms with E-state index in [9.17, 15) is 4.79 Å². The average molecular weight is 362 g/mol. The summed E-state index contributed by atoms with van der Waals surface area (Å²) in [5.74, 6) is 0.282. The zero-order valence-corrected chi connectivity index (χ0v) is 15.2. The van der Waals surface area contributed by atoms with E-state index in [4.69, 9.17) is 8.94 Å². The number of anilines is 2. The van der Waals surface area contributed by atoms with Crippen LogP contribution in [0.3, 0.4) is 0 Å². The molecule has 7 heteroatoms. The van der Waals surface area contributed by atoms with Crippen LogP contribution in [0.5, 0.6) is 0 Å². The van der Waals surface area contributed by atoms with Crippen molar-refractivity contribution in [3.8, 4) is 11.5 Å². The molecule has 0 aliphatic heterocycles. The summed E-state index contributed by atoms with van der Waals surface area (Å²) >= 11 is 0. The van der Waals surface area contributed by atoms with Gasteiger partial charge in [0.05, 0.1) is 34.3 Å². The number of fused-ring (bicyclic) bond motifs is 1. The molecule has 1 amide bonds. The predicted molar refractivity (Wildman–Crippen MR) is 103 cm³/mol. The van der Waals surface area contributed by atoms with Gasteiger partial charge in [-0.2, -0.15) is 0 Å². The zero-order valence-electron chi connectivity index (χ0n) is 15.2. The fourth-order valence-corrected chi connectivity index (χ4v) is 2.98. The molecule has 0 saturated heterocycles.